The van der Waals surface area contributed by atoms with E-state index in [0.29, 0.717) is 12.5 Å². The smallest absolute Gasteiger partial charge is 0.239 e. The summed E-state index contributed by atoms with van der Waals surface area (Å²) >= 11 is 0. The molecule has 2 heterocycles. The van der Waals surface area contributed by atoms with Crippen LogP contribution >= 0.6 is 0 Å². The number of aromatic amines is 1. The van der Waals surface area contributed by atoms with E-state index in [-0.39, 0.29) is 5.62 Å². The number of para-hydroxylation sites is 1. The molecule has 0 bridgehead atoms. The van der Waals surface area contributed by atoms with Crippen molar-refractivity contribution in [1.82, 2.24) is 19.5 Å². The molecule has 0 fully saturated rings. The summed E-state index contributed by atoms with van der Waals surface area (Å²) < 4.78 is 1.74. The van der Waals surface area contributed by atoms with E-state index in [2.05, 4.69) is 22.4 Å². The lowest BCUT2D eigenvalue weighted by Gasteiger charge is -2.13. The first kappa shape index (κ1) is 17.0. The number of hydrogen-bond donors (Lipinski definition) is 3. The molecular weight excluding hydrogens is 336 g/mol. The first-order chi connectivity index (χ1) is 13.0. The third-order valence-corrected chi connectivity index (χ3v) is 4.83. The van der Waals surface area contributed by atoms with Crippen molar-refractivity contribution in [3.8, 4) is 5.95 Å². The van der Waals surface area contributed by atoms with Crippen LogP contribution < -0.4 is 10.9 Å². The fraction of sp³-hybridized carbons (Fsp3) is 0.190. The SMILES string of the molecule is Cc1[nH]c(=N)n(-c2nc(NCc3ccccc3)c3cccc(C)c3n2)c1C. The number of aryl methyl sites for hydroxylation is 2. The summed E-state index contributed by atoms with van der Waals surface area (Å²) in [5.74, 6) is 1.27. The lowest BCUT2D eigenvalue weighted by atomic mass is 10.1. The van der Waals surface area contributed by atoms with Crippen molar-refractivity contribution in [3.63, 3.8) is 0 Å². The number of imidazole rings is 1. The van der Waals surface area contributed by atoms with Crippen LogP contribution in [-0.2, 0) is 6.54 Å². The van der Waals surface area contributed by atoms with Crippen LogP contribution in [0.2, 0.25) is 0 Å². The molecular formula is C21H22N6. The van der Waals surface area contributed by atoms with Crippen LogP contribution in [0.1, 0.15) is 22.5 Å². The zero-order valence-corrected chi connectivity index (χ0v) is 15.7. The van der Waals surface area contributed by atoms with Gasteiger partial charge in [-0.05, 0) is 38.0 Å². The molecule has 0 aliphatic heterocycles. The highest BCUT2D eigenvalue weighted by Gasteiger charge is 2.14. The molecule has 4 aromatic rings. The maximum atomic E-state index is 8.25. The highest BCUT2D eigenvalue weighted by Crippen LogP contribution is 2.25. The Morgan fingerprint density at radius 1 is 1.00 bits per heavy atom. The van der Waals surface area contributed by atoms with Gasteiger partial charge in [-0.25, -0.2) is 4.98 Å². The summed E-state index contributed by atoms with van der Waals surface area (Å²) in [6.07, 6.45) is 0. The van der Waals surface area contributed by atoms with Crippen molar-refractivity contribution in [2.45, 2.75) is 27.3 Å². The van der Waals surface area contributed by atoms with Crippen molar-refractivity contribution in [2.75, 3.05) is 5.32 Å². The number of rotatable bonds is 4. The van der Waals surface area contributed by atoms with Crippen LogP contribution in [0, 0.1) is 26.2 Å². The monoisotopic (exact) mass is 358 g/mol. The van der Waals surface area contributed by atoms with Crippen molar-refractivity contribution in [1.29, 1.82) is 5.41 Å². The summed E-state index contributed by atoms with van der Waals surface area (Å²) in [4.78, 5) is 12.6. The second-order valence-electron chi connectivity index (χ2n) is 6.70. The molecule has 0 aliphatic carbocycles. The van der Waals surface area contributed by atoms with Crippen molar-refractivity contribution >= 4 is 16.7 Å². The number of H-pyrrole nitrogens is 1. The molecule has 0 radical (unpaired) electrons. The molecule has 0 atom stereocenters. The highest BCUT2D eigenvalue weighted by molar-refractivity contribution is 5.91. The lowest BCUT2D eigenvalue weighted by Crippen LogP contribution is -2.19. The van der Waals surface area contributed by atoms with E-state index in [4.69, 9.17) is 15.4 Å². The number of hydrogen-bond acceptors (Lipinski definition) is 4. The average Bonchev–Trinajstić information content (AvgIpc) is 2.93. The van der Waals surface area contributed by atoms with Gasteiger partial charge in [-0.3, -0.25) is 9.98 Å². The van der Waals surface area contributed by atoms with Crippen molar-refractivity contribution in [3.05, 3.63) is 76.7 Å². The zero-order valence-electron chi connectivity index (χ0n) is 15.7. The minimum absolute atomic E-state index is 0.270. The summed E-state index contributed by atoms with van der Waals surface area (Å²) in [5, 5.41) is 12.7. The van der Waals surface area contributed by atoms with Crippen LogP contribution in [0.25, 0.3) is 16.9 Å². The molecule has 6 heteroatoms. The number of anilines is 1. The van der Waals surface area contributed by atoms with Gasteiger partial charge in [0.25, 0.3) is 0 Å². The van der Waals surface area contributed by atoms with Crippen LogP contribution in [0.5, 0.6) is 0 Å². The molecule has 0 aliphatic rings. The first-order valence-electron chi connectivity index (χ1n) is 8.93. The Bertz CT molecular complexity index is 1170. The minimum atomic E-state index is 0.270. The molecule has 136 valence electrons. The Hall–Kier alpha value is -3.41. The normalized spacial score (nSPS) is 11.1. The third kappa shape index (κ3) is 3.10. The second kappa shape index (κ2) is 6.72. The van der Waals surface area contributed by atoms with E-state index in [1.54, 1.807) is 4.57 Å². The molecule has 3 N–H and O–H groups in total. The number of aromatic nitrogens is 4. The van der Waals surface area contributed by atoms with Gasteiger partial charge in [0.2, 0.25) is 11.6 Å². The van der Waals surface area contributed by atoms with E-state index >= 15 is 0 Å². The van der Waals surface area contributed by atoms with Gasteiger partial charge in [0.05, 0.1) is 5.52 Å². The Balaban J connectivity index is 1.86. The quantitative estimate of drug-likeness (QED) is 0.519. The molecule has 6 nitrogen and oxygen atoms in total. The lowest BCUT2D eigenvalue weighted by molar-refractivity contribution is 0.827. The van der Waals surface area contributed by atoms with E-state index < -0.39 is 0 Å². The van der Waals surface area contributed by atoms with Crippen molar-refractivity contribution < 1.29 is 0 Å². The molecule has 0 unspecified atom stereocenters. The predicted octanol–water partition coefficient (Wildman–Crippen LogP) is 3.77. The van der Waals surface area contributed by atoms with E-state index in [1.165, 1.54) is 5.56 Å². The third-order valence-electron chi connectivity index (χ3n) is 4.83. The number of benzene rings is 2. The summed E-state index contributed by atoms with van der Waals surface area (Å²) in [6, 6.07) is 16.3. The first-order valence-corrected chi connectivity index (χ1v) is 8.93. The Morgan fingerprint density at radius 2 is 1.78 bits per heavy atom. The van der Waals surface area contributed by atoms with Gasteiger partial charge < -0.3 is 10.3 Å². The van der Waals surface area contributed by atoms with Gasteiger partial charge >= 0.3 is 0 Å². The van der Waals surface area contributed by atoms with Crippen LogP contribution in [0.4, 0.5) is 5.82 Å². The maximum Gasteiger partial charge on any atom is 0.239 e. The minimum Gasteiger partial charge on any atom is -0.365 e. The van der Waals surface area contributed by atoms with Crippen LogP contribution in [-0.4, -0.2) is 19.5 Å². The fourth-order valence-corrected chi connectivity index (χ4v) is 3.21. The fourth-order valence-electron chi connectivity index (χ4n) is 3.21. The maximum absolute atomic E-state index is 8.25. The standard InChI is InChI=1S/C21H22N6/c1-13-8-7-11-17-18(13)25-21(27-15(3)14(2)24-20(27)22)26-19(17)23-12-16-9-5-4-6-10-16/h4-11H,12H2,1-3H3,(H2,22,24)(H,23,25,26). The van der Waals surface area contributed by atoms with Crippen LogP contribution in [0.15, 0.2) is 48.5 Å². The molecule has 0 saturated carbocycles. The molecule has 4 rings (SSSR count). The summed E-state index contributed by atoms with van der Waals surface area (Å²) in [5.41, 5.74) is 5.29. The van der Waals surface area contributed by atoms with E-state index in [0.717, 1.165) is 33.7 Å². The van der Waals surface area contributed by atoms with Gasteiger partial charge in [0.1, 0.15) is 5.82 Å². The Kier molecular flexibility index (Phi) is 4.24. The molecule has 2 aromatic carbocycles. The number of fused-ring (bicyclic) bond motifs is 1. The average molecular weight is 358 g/mol. The molecule has 0 amide bonds. The topological polar surface area (TPSA) is 82.4 Å². The molecule has 2 aromatic heterocycles. The Labute approximate surface area is 157 Å². The summed E-state index contributed by atoms with van der Waals surface area (Å²) in [7, 11) is 0. The van der Waals surface area contributed by atoms with Gasteiger partial charge in [0.15, 0.2) is 0 Å². The summed E-state index contributed by atoms with van der Waals surface area (Å²) in [6.45, 7) is 6.63. The van der Waals surface area contributed by atoms with E-state index in [1.807, 2.05) is 57.2 Å². The zero-order chi connectivity index (χ0) is 19.0. The molecule has 27 heavy (non-hydrogen) atoms. The van der Waals surface area contributed by atoms with Gasteiger partial charge in [-0.15, -0.1) is 0 Å². The molecule has 0 saturated heterocycles. The largest absolute Gasteiger partial charge is 0.365 e. The highest BCUT2D eigenvalue weighted by atomic mass is 15.2. The van der Waals surface area contributed by atoms with Gasteiger partial charge in [-0.2, -0.15) is 4.98 Å². The van der Waals surface area contributed by atoms with Crippen LogP contribution in [0.3, 0.4) is 0 Å². The van der Waals surface area contributed by atoms with Gasteiger partial charge in [0, 0.05) is 23.3 Å². The second-order valence-corrected chi connectivity index (χ2v) is 6.70. The van der Waals surface area contributed by atoms with Gasteiger partial charge in [-0.1, -0.05) is 42.5 Å². The Morgan fingerprint density at radius 3 is 2.48 bits per heavy atom. The van der Waals surface area contributed by atoms with Crippen molar-refractivity contribution in [2.24, 2.45) is 0 Å². The number of nitrogens with one attached hydrogen (secondary N) is 3. The molecule has 0 spiro atoms. The van der Waals surface area contributed by atoms with E-state index in [9.17, 15) is 0 Å². The predicted molar refractivity (Wildman–Crippen MR) is 107 cm³/mol. The number of nitrogens with zero attached hydrogens (tertiary/aromatic N) is 3.